The van der Waals surface area contributed by atoms with E-state index < -0.39 is 12.0 Å². The monoisotopic (exact) mass is 449 g/mol. The molecule has 2 amide bonds. The van der Waals surface area contributed by atoms with Crippen molar-refractivity contribution in [3.05, 3.63) is 29.8 Å². The second-order valence-corrected chi connectivity index (χ2v) is 7.65. The molecule has 170 valence electrons. The van der Waals surface area contributed by atoms with E-state index in [4.69, 9.17) is 21.7 Å². The SMILES string of the molecule is CCCCCOC(=O)CC1C(=O)NCCN1C(=S)NC(=O)c1ccc(OCCC)cc1. The summed E-state index contributed by atoms with van der Waals surface area (Å²) in [7, 11) is 0. The van der Waals surface area contributed by atoms with Gasteiger partial charge in [-0.2, -0.15) is 0 Å². The van der Waals surface area contributed by atoms with Crippen molar-refractivity contribution in [3.63, 3.8) is 0 Å². The van der Waals surface area contributed by atoms with E-state index in [-0.39, 0.29) is 23.3 Å². The zero-order chi connectivity index (χ0) is 22.6. The van der Waals surface area contributed by atoms with Crippen LogP contribution in [-0.2, 0) is 14.3 Å². The van der Waals surface area contributed by atoms with Crippen molar-refractivity contribution < 1.29 is 23.9 Å². The van der Waals surface area contributed by atoms with Gasteiger partial charge in [0.15, 0.2) is 5.11 Å². The van der Waals surface area contributed by atoms with Gasteiger partial charge in [0.25, 0.3) is 5.91 Å². The largest absolute Gasteiger partial charge is 0.494 e. The Morgan fingerprint density at radius 1 is 1.16 bits per heavy atom. The highest BCUT2D eigenvalue weighted by molar-refractivity contribution is 7.80. The van der Waals surface area contributed by atoms with E-state index in [2.05, 4.69) is 17.6 Å². The summed E-state index contributed by atoms with van der Waals surface area (Å²) >= 11 is 5.38. The lowest BCUT2D eigenvalue weighted by Gasteiger charge is -2.36. The van der Waals surface area contributed by atoms with Gasteiger partial charge in [-0.25, -0.2) is 0 Å². The highest BCUT2D eigenvalue weighted by atomic mass is 32.1. The first-order valence-corrected chi connectivity index (χ1v) is 11.1. The molecule has 1 saturated heterocycles. The van der Waals surface area contributed by atoms with Gasteiger partial charge in [-0.3, -0.25) is 19.7 Å². The number of unbranched alkanes of at least 4 members (excludes halogenated alkanes) is 2. The van der Waals surface area contributed by atoms with Crippen LogP contribution in [0.4, 0.5) is 0 Å². The van der Waals surface area contributed by atoms with Crippen molar-refractivity contribution >= 4 is 35.1 Å². The Morgan fingerprint density at radius 3 is 2.58 bits per heavy atom. The predicted molar refractivity (Wildman–Crippen MR) is 121 cm³/mol. The van der Waals surface area contributed by atoms with E-state index >= 15 is 0 Å². The van der Waals surface area contributed by atoms with Gasteiger partial charge in [0, 0.05) is 18.7 Å². The fourth-order valence-corrected chi connectivity index (χ4v) is 3.39. The zero-order valence-corrected chi connectivity index (χ0v) is 19.0. The normalized spacial score (nSPS) is 15.7. The molecule has 31 heavy (non-hydrogen) atoms. The number of carbonyl (C=O) groups is 3. The van der Waals surface area contributed by atoms with Crippen LogP contribution in [0.2, 0.25) is 0 Å². The molecule has 1 aliphatic heterocycles. The van der Waals surface area contributed by atoms with Crippen LogP contribution >= 0.6 is 12.2 Å². The summed E-state index contributed by atoms with van der Waals surface area (Å²) in [4.78, 5) is 38.7. The van der Waals surface area contributed by atoms with Gasteiger partial charge in [0.2, 0.25) is 5.91 Å². The number of hydrogen-bond acceptors (Lipinski definition) is 6. The van der Waals surface area contributed by atoms with E-state index in [1.807, 2.05) is 6.92 Å². The molecule has 0 radical (unpaired) electrons. The zero-order valence-electron chi connectivity index (χ0n) is 18.1. The second-order valence-electron chi connectivity index (χ2n) is 7.26. The number of nitrogens with zero attached hydrogens (tertiary/aromatic N) is 1. The molecule has 0 bridgehead atoms. The lowest BCUT2D eigenvalue weighted by atomic mass is 10.1. The molecule has 1 aromatic rings. The van der Waals surface area contributed by atoms with Crippen LogP contribution in [0, 0.1) is 0 Å². The molecular weight excluding hydrogens is 418 g/mol. The molecule has 1 heterocycles. The molecule has 2 N–H and O–H groups in total. The standard InChI is InChI=1S/C22H31N3O5S/c1-3-5-6-14-30-19(26)15-18-21(28)23-11-12-25(18)22(31)24-20(27)16-7-9-17(10-8-16)29-13-4-2/h7-10,18H,3-6,11-15H2,1-2H3,(H,23,28)(H,24,27,31). The number of amides is 2. The van der Waals surface area contributed by atoms with Crippen LogP contribution in [0.15, 0.2) is 24.3 Å². The predicted octanol–water partition coefficient (Wildman–Crippen LogP) is 2.41. The van der Waals surface area contributed by atoms with E-state index in [0.717, 1.165) is 25.7 Å². The summed E-state index contributed by atoms with van der Waals surface area (Å²) in [5, 5.41) is 5.50. The van der Waals surface area contributed by atoms with Gasteiger partial charge in [-0.15, -0.1) is 0 Å². The number of benzene rings is 1. The topological polar surface area (TPSA) is 97.0 Å². The summed E-state index contributed by atoms with van der Waals surface area (Å²) in [6, 6.07) is 5.93. The first-order chi connectivity index (χ1) is 15.0. The molecule has 1 atom stereocenters. The second kappa shape index (κ2) is 12.9. The van der Waals surface area contributed by atoms with E-state index in [9.17, 15) is 14.4 Å². The molecule has 0 spiro atoms. The van der Waals surface area contributed by atoms with Gasteiger partial charge in [0.1, 0.15) is 11.8 Å². The van der Waals surface area contributed by atoms with Gasteiger partial charge < -0.3 is 19.7 Å². The number of piperazine rings is 1. The van der Waals surface area contributed by atoms with Crippen LogP contribution in [0.3, 0.4) is 0 Å². The Labute approximate surface area is 188 Å². The Balaban J connectivity index is 1.94. The van der Waals surface area contributed by atoms with Gasteiger partial charge in [-0.1, -0.05) is 26.7 Å². The summed E-state index contributed by atoms with van der Waals surface area (Å²) in [5.41, 5.74) is 0.416. The Kier molecular flexibility index (Phi) is 10.2. The lowest BCUT2D eigenvalue weighted by Crippen LogP contribution is -2.60. The van der Waals surface area contributed by atoms with Gasteiger partial charge in [0.05, 0.1) is 19.6 Å². The smallest absolute Gasteiger partial charge is 0.308 e. The first kappa shape index (κ1) is 24.6. The highest BCUT2D eigenvalue weighted by Gasteiger charge is 2.34. The van der Waals surface area contributed by atoms with Crippen molar-refractivity contribution in [2.45, 2.75) is 52.0 Å². The summed E-state index contributed by atoms with van der Waals surface area (Å²) in [5.74, 6) is -0.476. The molecule has 0 aliphatic carbocycles. The average Bonchev–Trinajstić information content (AvgIpc) is 2.77. The van der Waals surface area contributed by atoms with Gasteiger partial charge in [-0.05, 0) is 49.3 Å². The number of nitrogens with one attached hydrogen (secondary N) is 2. The molecule has 1 aliphatic rings. The van der Waals surface area contributed by atoms with Crippen molar-refractivity contribution in [2.75, 3.05) is 26.3 Å². The van der Waals surface area contributed by atoms with Crippen LogP contribution < -0.4 is 15.4 Å². The maximum absolute atomic E-state index is 12.6. The number of hydrogen-bond donors (Lipinski definition) is 2. The van der Waals surface area contributed by atoms with Crippen molar-refractivity contribution in [1.82, 2.24) is 15.5 Å². The number of esters is 1. The van der Waals surface area contributed by atoms with Crippen LogP contribution in [0.1, 0.15) is 56.3 Å². The Hall–Kier alpha value is -2.68. The first-order valence-electron chi connectivity index (χ1n) is 10.7. The van der Waals surface area contributed by atoms with E-state index in [1.54, 1.807) is 29.2 Å². The quantitative estimate of drug-likeness (QED) is 0.322. The third-order valence-electron chi connectivity index (χ3n) is 4.77. The molecule has 1 aromatic carbocycles. The molecule has 2 rings (SSSR count). The van der Waals surface area contributed by atoms with Crippen molar-refractivity contribution in [3.8, 4) is 5.75 Å². The third-order valence-corrected chi connectivity index (χ3v) is 5.11. The minimum absolute atomic E-state index is 0.106. The average molecular weight is 450 g/mol. The van der Waals surface area contributed by atoms with Crippen molar-refractivity contribution in [2.24, 2.45) is 0 Å². The van der Waals surface area contributed by atoms with Crippen molar-refractivity contribution in [1.29, 1.82) is 0 Å². The summed E-state index contributed by atoms with van der Waals surface area (Å²) in [6.07, 6.45) is 3.56. The molecule has 1 unspecified atom stereocenters. The minimum Gasteiger partial charge on any atom is -0.494 e. The lowest BCUT2D eigenvalue weighted by molar-refractivity contribution is -0.147. The molecule has 0 saturated carbocycles. The Morgan fingerprint density at radius 2 is 1.90 bits per heavy atom. The fourth-order valence-electron chi connectivity index (χ4n) is 3.08. The molecule has 9 heteroatoms. The van der Waals surface area contributed by atoms with E-state index in [0.29, 0.717) is 37.6 Å². The minimum atomic E-state index is -0.815. The Bertz CT molecular complexity index is 769. The molecule has 8 nitrogen and oxygen atoms in total. The summed E-state index contributed by atoms with van der Waals surface area (Å²) < 4.78 is 10.7. The molecule has 0 aromatic heterocycles. The van der Waals surface area contributed by atoms with Crippen LogP contribution in [0.25, 0.3) is 0 Å². The molecule has 1 fully saturated rings. The maximum atomic E-state index is 12.6. The van der Waals surface area contributed by atoms with E-state index in [1.165, 1.54) is 0 Å². The number of thiocarbonyl (C=S) groups is 1. The van der Waals surface area contributed by atoms with Gasteiger partial charge >= 0.3 is 5.97 Å². The number of ether oxygens (including phenoxy) is 2. The maximum Gasteiger partial charge on any atom is 0.308 e. The molecular formula is C22H31N3O5S. The third kappa shape index (κ3) is 7.82. The van der Waals surface area contributed by atoms with Crippen LogP contribution in [-0.4, -0.2) is 60.1 Å². The van der Waals surface area contributed by atoms with Crippen LogP contribution in [0.5, 0.6) is 5.75 Å². The highest BCUT2D eigenvalue weighted by Crippen LogP contribution is 2.14. The number of carbonyl (C=O) groups excluding carboxylic acids is 3. The fraction of sp³-hybridized carbons (Fsp3) is 0.545. The number of rotatable bonds is 10. The summed E-state index contributed by atoms with van der Waals surface area (Å²) in [6.45, 7) is 5.79.